The fourth-order valence-electron chi connectivity index (χ4n) is 3.15. The van der Waals surface area contributed by atoms with Crippen molar-refractivity contribution in [3.63, 3.8) is 0 Å². The number of nitrogens with two attached hydrogens (primary N) is 2. The average molecular weight is 413 g/mol. The molecule has 1 aliphatic heterocycles. The average Bonchev–Trinajstić information content (AvgIpc) is 3.12. The van der Waals surface area contributed by atoms with E-state index in [4.69, 9.17) is 11.5 Å². The minimum Gasteiger partial charge on any atom is -0.366 e. The Hall–Kier alpha value is -3.17. The van der Waals surface area contributed by atoms with Crippen LogP contribution in [0.3, 0.4) is 0 Å². The number of hydrogen-bond donors (Lipinski definition) is 2. The maximum absolute atomic E-state index is 13.3. The zero-order valence-corrected chi connectivity index (χ0v) is 16.1. The van der Waals surface area contributed by atoms with Crippen molar-refractivity contribution >= 4 is 38.9 Å². The third kappa shape index (κ3) is 2.85. The van der Waals surface area contributed by atoms with Crippen molar-refractivity contribution in [2.75, 3.05) is 4.31 Å². The summed E-state index contributed by atoms with van der Waals surface area (Å²) in [7, 11) is -3.90. The van der Waals surface area contributed by atoms with Gasteiger partial charge in [0, 0.05) is 16.0 Å². The summed E-state index contributed by atoms with van der Waals surface area (Å²) in [4.78, 5) is 24.1. The van der Waals surface area contributed by atoms with Crippen LogP contribution in [0.1, 0.15) is 25.6 Å². The fraction of sp³-hybridized carbons (Fsp3) is 0.0526. The minimum absolute atomic E-state index is 0.0427. The van der Waals surface area contributed by atoms with E-state index in [9.17, 15) is 18.0 Å². The number of carbonyl (C=O) groups is 2. The molecule has 9 heteroatoms. The van der Waals surface area contributed by atoms with Gasteiger partial charge in [0.2, 0.25) is 5.91 Å². The van der Waals surface area contributed by atoms with Crippen LogP contribution in [0, 0.1) is 0 Å². The highest BCUT2D eigenvalue weighted by Gasteiger charge is 2.33. The highest BCUT2D eigenvalue weighted by Crippen LogP contribution is 2.45. The maximum atomic E-state index is 13.3. The Bertz CT molecular complexity index is 1210. The number of nitrogens with zero attached hydrogens (tertiary/aromatic N) is 1. The number of anilines is 1. The molecule has 0 unspecified atom stereocenters. The molecule has 4 N–H and O–H groups in total. The molecule has 0 saturated heterocycles. The van der Waals surface area contributed by atoms with Gasteiger partial charge in [-0.25, -0.2) is 8.42 Å². The number of amides is 2. The highest BCUT2D eigenvalue weighted by atomic mass is 32.2. The van der Waals surface area contributed by atoms with Crippen LogP contribution in [0.2, 0.25) is 0 Å². The lowest BCUT2D eigenvalue weighted by Crippen LogP contribution is -2.32. The molecule has 0 atom stereocenters. The van der Waals surface area contributed by atoms with Crippen LogP contribution in [-0.2, 0) is 16.6 Å². The SMILES string of the molecule is NC(=O)c1ccc(S(=O)(=O)N2Cc3cc(C(N)=O)sc3-c3ccccc32)cc1. The van der Waals surface area contributed by atoms with Gasteiger partial charge < -0.3 is 11.5 Å². The molecule has 0 spiro atoms. The fourth-order valence-corrected chi connectivity index (χ4v) is 5.67. The standard InChI is InChI=1S/C19H15N3O4S2/c20-18(23)11-5-7-13(8-6-11)28(25,26)22-10-12-9-16(19(21)24)27-17(12)14-3-1-2-4-15(14)22/h1-9H,10H2,(H2,20,23)(H2,21,24). The Morgan fingerprint density at radius 2 is 1.64 bits per heavy atom. The van der Waals surface area contributed by atoms with Crippen LogP contribution in [0.4, 0.5) is 5.69 Å². The van der Waals surface area contributed by atoms with E-state index in [1.807, 2.05) is 12.1 Å². The Morgan fingerprint density at radius 1 is 0.964 bits per heavy atom. The maximum Gasteiger partial charge on any atom is 0.264 e. The van der Waals surface area contributed by atoms with Crippen molar-refractivity contribution in [1.82, 2.24) is 0 Å². The number of primary amides is 2. The van der Waals surface area contributed by atoms with E-state index in [1.54, 1.807) is 18.2 Å². The minimum atomic E-state index is -3.90. The summed E-state index contributed by atoms with van der Waals surface area (Å²) in [5, 5.41) is 0. The van der Waals surface area contributed by atoms with Crippen LogP contribution in [-0.4, -0.2) is 20.2 Å². The first-order chi connectivity index (χ1) is 13.3. The number of rotatable bonds is 4. The molecular weight excluding hydrogens is 398 g/mol. The number of carbonyl (C=O) groups excluding carboxylic acids is 2. The lowest BCUT2D eigenvalue weighted by molar-refractivity contribution is 0.0993. The molecule has 2 amide bonds. The van der Waals surface area contributed by atoms with Gasteiger partial charge in [-0.05, 0) is 42.0 Å². The third-order valence-electron chi connectivity index (χ3n) is 4.51. The van der Waals surface area contributed by atoms with Gasteiger partial charge in [-0.15, -0.1) is 11.3 Å². The number of fused-ring (bicyclic) bond motifs is 3. The van der Waals surface area contributed by atoms with Crippen molar-refractivity contribution in [3.8, 4) is 10.4 Å². The Kier molecular flexibility index (Phi) is 4.20. The van der Waals surface area contributed by atoms with Crippen LogP contribution in [0.5, 0.6) is 0 Å². The molecule has 1 aromatic heterocycles. The zero-order chi connectivity index (χ0) is 20.1. The van der Waals surface area contributed by atoms with Gasteiger partial charge in [-0.3, -0.25) is 13.9 Å². The molecule has 142 valence electrons. The summed E-state index contributed by atoms with van der Waals surface area (Å²) in [6, 6.07) is 14.2. The summed E-state index contributed by atoms with van der Waals surface area (Å²) in [6.45, 7) is 0.0794. The highest BCUT2D eigenvalue weighted by molar-refractivity contribution is 7.92. The summed E-state index contributed by atoms with van der Waals surface area (Å²) in [6.07, 6.45) is 0. The van der Waals surface area contributed by atoms with Crippen molar-refractivity contribution in [2.45, 2.75) is 11.4 Å². The topological polar surface area (TPSA) is 124 Å². The second-order valence-corrected chi connectivity index (χ2v) is 9.16. The van der Waals surface area contributed by atoms with Gasteiger partial charge in [0.25, 0.3) is 15.9 Å². The number of sulfonamides is 1. The second-order valence-electron chi connectivity index (χ2n) is 6.25. The first-order valence-corrected chi connectivity index (χ1v) is 10.5. The quantitative estimate of drug-likeness (QED) is 0.681. The van der Waals surface area contributed by atoms with Gasteiger partial charge in [-0.2, -0.15) is 0 Å². The largest absolute Gasteiger partial charge is 0.366 e. The van der Waals surface area contributed by atoms with Crippen molar-refractivity contribution in [3.05, 3.63) is 70.6 Å². The van der Waals surface area contributed by atoms with Crippen LogP contribution in [0.15, 0.2) is 59.5 Å². The summed E-state index contributed by atoms with van der Waals surface area (Å²) < 4.78 is 27.9. The molecule has 0 aliphatic carbocycles. The molecule has 0 saturated carbocycles. The van der Waals surface area contributed by atoms with E-state index in [2.05, 4.69) is 0 Å². The molecule has 1 aliphatic rings. The van der Waals surface area contributed by atoms with E-state index in [0.29, 0.717) is 10.6 Å². The molecular formula is C19H15N3O4S2. The van der Waals surface area contributed by atoms with E-state index in [1.165, 1.54) is 39.9 Å². The predicted molar refractivity (Wildman–Crippen MR) is 107 cm³/mol. The summed E-state index contributed by atoms with van der Waals surface area (Å²) >= 11 is 1.25. The van der Waals surface area contributed by atoms with E-state index < -0.39 is 21.8 Å². The molecule has 4 rings (SSSR count). The van der Waals surface area contributed by atoms with Crippen molar-refractivity contribution in [2.24, 2.45) is 11.5 Å². The second kappa shape index (κ2) is 6.47. The van der Waals surface area contributed by atoms with Gasteiger partial charge in [0.15, 0.2) is 0 Å². The summed E-state index contributed by atoms with van der Waals surface area (Å²) in [5.74, 6) is -1.18. The van der Waals surface area contributed by atoms with Crippen LogP contribution in [0.25, 0.3) is 10.4 Å². The van der Waals surface area contributed by atoms with Crippen LogP contribution < -0.4 is 15.8 Å². The van der Waals surface area contributed by atoms with Crippen LogP contribution >= 0.6 is 11.3 Å². The predicted octanol–water partition coefficient (Wildman–Crippen LogP) is 2.32. The molecule has 0 radical (unpaired) electrons. The van der Waals surface area contributed by atoms with E-state index in [0.717, 1.165) is 16.0 Å². The van der Waals surface area contributed by atoms with Gasteiger partial charge >= 0.3 is 0 Å². The monoisotopic (exact) mass is 413 g/mol. The molecule has 0 bridgehead atoms. The van der Waals surface area contributed by atoms with Gasteiger partial charge in [-0.1, -0.05) is 18.2 Å². The van der Waals surface area contributed by atoms with Crippen molar-refractivity contribution < 1.29 is 18.0 Å². The third-order valence-corrected chi connectivity index (χ3v) is 7.51. The molecule has 28 heavy (non-hydrogen) atoms. The Labute approximate surface area is 165 Å². The zero-order valence-electron chi connectivity index (χ0n) is 14.5. The smallest absolute Gasteiger partial charge is 0.264 e. The van der Waals surface area contributed by atoms with E-state index in [-0.39, 0.29) is 17.0 Å². The van der Waals surface area contributed by atoms with Crippen molar-refractivity contribution in [1.29, 1.82) is 0 Å². The first kappa shape index (κ1) is 18.2. The summed E-state index contributed by atoms with van der Waals surface area (Å²) in [5.41, 5.74) is 12.8. The normalized spacial score (nSPS) is 12.9. The lowest BCUT2D eigenvalue weighted by Gasteiger charge is -2.30. The molecule has 2 heterocycles. The number of hydrogen-bond acceptors (Lipinski definition) is 5. The number of para-hydroxylation sites is 1. The van der Waals surface area contributed by atoms with Gasteiger partial charge in [0.05, 0.1) is 22.0 Å². The molecule has 7 nitrogen and oxygen atoms in total. The lowest BCUT2D eigenvalue weighted by atomic mass is 10.0. The van der Waals surface area contributed by atoms with E-state index >= 15 is 0 Å². The molecule has 3 aromatic rings. The van der Waals surface area contributed by atoms with Gasteiger partial charge in [0.1, 0.15) is 0 Å². The molecule has 2 aromatic carbocycles. The first-order valence-electron chi connectivity index (χ1n) is 8.23. The Balaban J connectivity index is 1.83. The Morgan fingerprint density at radius 3 is 2.29 bits per heavy atom. The number of thiophene rings is 1. The molecule has 0 fully saturated rings. The number of benzene rings is 2.